The third-order valence-corrected chi connectivity index (χ3v) is 4.23. The summed E-state index contributed by atoms with van der Waals surface area (Å²) >= 11 is 7.35. The molecule has 5 heteroatoms. The smallest absolute Gasteiger partial charge is 0.254 e. The lowest BCUT2D eigenvalue weighted by atomic mass is 10.2. The standard InChI is InChI=1S/C16H14ClNO2S/c1-18(2)16(20)13-5-3-4-6-14(13)21-15-9-12(17)8-7-11(15)10-19/h3-10H,1-2H3. The molecule has 2 aromatic carbocycles. The maximum Gasteiger partial charge on any atom is 0.254 e. The highest BCUT2D eigenvalue weighted by atomic mass is 35.5. The highest BCUT2D eigenvalue weighted by Gasteiger charge is 2.15. The van der Waals surface area contributed by atoms with Gasteiger partial charge in [-0.2, -0.15) is 0 Å². The molecule has 0 saturated carbocycles. The van der Waals surface area contributed by atoms with Gasteiger partial charge in [0, 0.05) is 34.5 Å². The molecule has 1 amide bonds. The van der Waals surface area contributed by atoms with E-state index in [2.05, 4.69) is 0 Å². The van der Waals surface area contributed by atoms with Crippen molar-refractivity contribution in [1.82, 2.24) is 4.90 Å². The average Bonchev–Trinajstić information content (AvgIpc) is 2.47. The van der Waals surface area contributed by atoms with Crippen LogP contribution in [-0.4, -0.2) is 31.2 Å². The molecule has 0 aromatic heterocycles. The van der Waals surface area contributed by atoms with Crippen molar-refractivity contribution in [1.29, 1.82) is 0 Å². The van der Waals surface area contributed by atoms with E-state index < -0.39 is 0 Å². The predicted molar refractivity (Wildman–Crippen MR) is 85.4 cm³/mol. The molecule has 2 rings (SSSR count). The van der Waals surface area contributed by atoms with Crippen molar-refractivity contribution in [3.8, 4) is 0 Å². The maximum absolute atomic E-state index is 12.2. The van der Waals surface area contributed by atoms with E-state index in [9.17, 15) is 9.59 Å². The Morgan fingerprint density at radius 2 is 1.86 bits per heavy atom. The van der Waals surface area contributed by atoms with Crippen molar-refractivity contribution in [2.45, 2.75) is 9.79 Å². The first-order valence-corrected chi connectivity index (χ1v) is 7.45. The van der Waals surface area contributed by atoms with Gasteiger partial charge >= 0.3 is 0 Å². The van der Waals surface area contributed by atoms with Crippen LogP contribution in [0.25, 0.3) is 0 Å². The molecule has 0 aliphatic rings. The van der Waals surface area contributed by atoms with Crippen LogP contribution in [0.15, 0.2) is 52.3 Å². The lowest BCUT2D eigenvalue weighted by molar-refractivity contribution is 0.0824. The van der Waals surface area contributed by atoms with E-state index >= 15 is 0 Å². The number of amides is 1. The number of nitrogens with zero attached hydrogens (tertiary/aromatic N) is 1. The summed E-state index contributed by atoms with van der Waals surface area (Å²) < 4.78 is 0. The average molecular weight is 320 g/mol. The molecule has 0 atom stereocenters. The fourth-order valence-electron chi connectivity index (χ4n) is 1.79. The summed E-state index contributed by atoms with van der Waals surface area (Å²) in [7, 11) is 3.42. The second-order valence-electron chi connectivity index (χ2n) is 4.60. The zero-order valence-electron chi connectivity index (χ0n) is 11.7. The van der Waals surface area contributed by atoms with E-state index in [1.54, 1.807) is 38.4 Å². The van der Waals surface area contributed by atoms with Gasteiger partial charge in [0.1, 0.15) is 0 Å². The van der Waals surface area contributed by atoms with Crippen molar-refractivity contribution in [2.24, 2.45) is 0 Å². The van der Waals surface area contributed by atoms with Gasteiger partial charge in [-0.1, -0.05) is 35.5 Å². The minimum atomic E-state index is -0.0761. The fourth-order valence-corrected chi connectivity index (χ4v) is 3.09. The number of carbonyl (C=O) groups is 2. The van der Waals surface area contributed by atoms with Crippen molar-refractivity contribution in [3.63, 3.8) is 0 Å². The normalized spacial score (nSPS) is 10.2. The fraction of sp³-hybridized carbons (Fsp3) is 0.125. The number of rotatable bonds is 4. The summed E-state index contributed by atoms with van der Waals surface area (Å²) in [5, 5.41) is 0.555. The first-order valence-electron chi connectivity index (χ1n) is 6.26. The molecule has 0 unspecified atom stereocenters. The lowest BCUT2D eigenvalue weighted by Crippen LogP contribution is -2.22. The van der Waals surface area contributed by atoms with Gasteiger partial charge in [-0.05, 0) is 30.3 Å². The SMILES string of the molecule is CN(C)C(=O)c1ccccc1Sc1cc(Cl)ccc1C=O. The van der Waals surface area contributed by atoms with E-state index in [4.69, 9.17) is 11.6 Å². The molecule has 2 aromatic rings. The summed E-state index contributed by atoms with van der Waals surface area (Å²) in [5.41, 5.74) is 1.15. The van der Waals surface area contributed by atoms with Crippen LogP contribution in [-0.2, 0) is 0 Å². The minimum Gasteiger partial charge on any atom is -0.345 e. The van der Waals surface area contributed by atoms with Crippen LogP contribution < -0.4 is 0 Å². The Hall–Kier alpha value is -1.78. The maximum atomic E-state index is 12.2. The van der Waals surface area contributed by atoms with Gasteiger partial charge in [-0.25, -0.2) is 0 Å². The second-order valence-corrected chi connectivity index (χ2v) is 6.12. The van der Waals surface area contributed by atoms with Gasteiger partial charge in [0.15, 0.2) is 6.29 Å². The molecule has 0 spiro atoms. The molecule has 0 saturated heterocycles. The summed E-state index contributed by atoms with van der Waals surface area (Å²) in [4.78, 5) is 26.4. The van der Waals surface area contributed by atoms with Crippen molar-refractivity contribution < 1.29 is 9.59 Å². The number of carbonyl (C=O) groups excluding carboxylic acids is 2. The summed E-state index contributed by atoms with van der Waals surface area (Å²) in [6, 6.07) is 12.4. The number of halogens is 1. The highest BCUT2D eigenvalue weighted by Crippen LogP contribution is 2.34. The molecular formula is C16H14ClNO2S. The molecular weight excluding hydrogens is 306 g/mol. The topological polar surface area (TPSA) is 37.4 Å². The number of aldehydes is 1. The molecule has 0 radical (unpaired) electrons. The molecule has 0 aliphatic heterocycles. The lowest BCUT2D eigenvalue weighted by Gasteiger charge is -2.14. The van der Waals surface area contributed by atoms with E-state index in [1.807, 2.05) is 18.2 Å². The zero-order chi connectivity index (χ0) is 15.4. The largest absolute Gasteiger partial charge is 0.345 e. The predicted octanol–water partition coefficient (Wildman–Crippen LogP) is 4.01. The quantitative estimate of drug-likeness (QED) is 0.799. The van der Waals surface area contributed by atoms with Crippen molar-refractivity contribution in [3.05, 3.63) is 58.6 Å². The molecule has 0 fully saturated rings. The number of benzene rings is 2. The Labute approximate surface area is 132 Å². The van der Waals surface area contributed by atoms with Crippen LogP contribution in [0.3, 0.4) is 0 Å². The van der Waals surface area contributed by atoms with Gasteiger partial charge in [-0.3, -0.25) is 9.59 Å². The summed E-state index contributed by atoms with van der Waals surface area (Å²) in [6.45, 7) is 0. The van der Waals surface area contributed by atoms with Gasteiger partial charge in [-0.15, -0.1) is 0 Å². The number of hydrogen-bond acceptors (Lipinski definition) is 3. The van der Waals surface area contributed by atoms with E-state index in [-0.39, 0.29) is 5.91 Å². The van der Waals surface area contributed by atoms with Crippen LogP contribution in [0.5, 0.6) is 0 Å². The minimum absolute atomic E-state index is 0.0761. The first-order chi connectivity index (χ1) is 10.0. The third kappa shape index (κ3) is 3.65. The van der Waals surface area contributed by atoms with Crippen molar-refractivity contribution >= 4 is 35.6 Å². The third-order valence-electron chi connectivity index (χ3n) is 2.85. The second kappa shape index (κ2) is 6.78. The summed E-state index contributed by atoms with van der Waals surface area (Å²) in [6.07, 6.45) is 0.787. The van der Waals surface area contributed by atoms with Gasteiger partial charge in [0.2, 0.25) is 0 Å². The van der Waals surface area contributed by atoms with E-state index in [1.165, 1.54) is 16.7 Å². The van der Waals surface area contributed by atoms with E-state index in [0.717, 1.165) is 16.1 Å². The van der Waals surface area contributed by atoms with E-state index in [0.29, 0.717) is 16.1 Å². The van der Waals surface area contributed by atoms with Gasteiger partial charge in [0.05, 0.1) is 5.56 Å². The first kappa shape index (κ1) is 15.6. The molecule has 0 aliphatic carbocycles. The zero-order valence-corrected chi connectivity index (χ0v) is 13.2. The van der Waals surface area contributed by atoms with Crippen molar-refractivity contribution in [2.75, 3.05) is 14.1 Å². The molecule has 0 bridgehead atoms. The Balaban J connectivity index is 2.43. The van der Waals surface area contributed by atoms with Crippen LogP contribution in [0.1, 0.15) is 20.7 Å². The monoisotopic (exact) mass is 319 g/mol. The molecule has 108 valence electrons. The van der Waals surface area contributed by atoms with Crippen LogP contribution >= 0.6 is 23.4 Å². The molecule has 0 N–H and O–H groups in total. The molecule has 0 heterocycles. The highest BCUT2D eigenvalue weighted by molar-refractivity contribution is 7.99. The van der Waals surface area contributed by atoms with Crippen LogP contribution in [0, 0.1) is 0 Å². The van der Waals surface area contributed by atoms with Crippen LogP contribution in [0.4, 0.5) is 0 Å². The Bertz CT molecular complexity index is 686. The van der Waals surface area contributed by atoms with Gasteiger partial charge < -0.3 is 4.90 Å². The molecule has 21 heavy (non-hydrogen) atoms. The molecule has 3 nitrogen and oxygen atoms in total. The Morgan fingerprint density at radius 3 is 2.52 bits per heavy atom. The Morgan fingerprint density at radius 1 is 1.14 bits per heavy atom. The van der Waals surface area contributed by atoms with Gasteiger partial charge in [0.25, 0.3) is 5.91 Å². The van der Waals surface area contributed by atoms with Crippen LogP contribution in [0.2, 0.25) is 5.02 Å². The number of hydrogen-bond donors (Lipinski definition) is 0. The Kier molecular flexibility index (Phi) is 5.04. The summed E-state index contributed by atoms with van der Waals surface area (Å²) in [5.74, 6) is -0.0761.